The van der Waals surface area contributed by atoms with E-state index in [1.165, 1.54) is 11.1 Å². The lowest BCUT2D eigenvalue weighted by atomic mass is 9.84. The van der Waals surface area contributed by atoms with Crippen molar-refractivity contribution in [3.63, 3.8) is 0 Å². The smallest absolute Gasteiger partial charge is 0.160 e. The minimum atomic E-state index is 0.354. The second-order valence-electron chi connectivity index (χ2n) is 6.00. The van der Waals surface area contributed by atoms with Crippen LogP contribution in [0.25, 0.3) is 0 Å². The van der Waals surface area contributed by atoms with Crippen LogP contribution in [0, 0.1) is 5.92 Å². The molecule has 0 saturated carbocycles. The minimum Gasteiger partial charge on any atom is -0.302 e. The van der Waals surface area contributed by atoms with E-state index in [-0.39, 0.29) is 0 Å². The van der Waals surface area contributed by atoms with Crippen molar-refractivity contribution in [2.24, 2.45) is 5.92 Å². The molecule has 1 aliphatic carbocycles. The molecule has 0 amide bonds. The third-order valence-electron chi connectivity index (χ3n) is 4.41. The maximum absolute atomic E-state index is 12.1. The highest BCUT2D eigenvalue weighted by Crippen LogP contribution is 2.27. The van der Waals surface area contributed by atoms with Crippen molar-refractivity contribution >= 4 is 5.78 Å². The second kappa shape index (κ2) is 6.85. The first-order valence-corrected chi connectivity index (χ1v) is 7.53. The van der Waals surface area contributed by atoms with Gasteiger partial charge in [-0.25, -0.2) is 0 Å². The first-order chi connectivity index (χ1) is 9.58. The molecule has 2 nitrogen and oxygen atoms in total. The van der Waals surface area contributed by atoms with Gasteiger partial charge in [0.25, 0.3) is 0 Å². The quantitative estimate of drug-likeness (QED) is 0.817. The summed E-state index contributed by atoms with van der Waals surface area (Å²) in [4.78, 5) is 14.3. The molecular formula is C18H25NO. The topological polar surface area (TPSA) is 20.3 Å². The van der Waals surface area contributed by atoms with Gasteiger partial charge in [-0.3, -0.25) is 4.79 Å². The number of ketones is 1. The first-order valence-electron chi connectivity index (χ1n) is 7.53. The maximum atomic E-state index is 12.1. The Labute approximate surface area is 122 Å². The van der Waals surface area contributed by atoms with Gasteiger partial charge in [-0.15, -0.1) is 0 Å². The average molecular weight is 271 g/mol. The number of Topliss-reactive ketones (excluding diaryl/α,β-unsaturated/α-hetero) is 1. The Morgan fingerprint density at radius 3 is 2.65 bits per heavy atom. The third kappa shape index (κ3) is 3.80. The van der Waals surface area contributed by atoms with Crippen LogP contribution in [0.3, 0.4) is 0 Å². The molecule has 1 aromatic carbocycles. The average Bonchev–Trinajstić information content (AvgIpc) is 2.46. The molecule has 1 aromatic rings. The zero-order valence-corrected chi connectivity index (χ0v) is 12.9. The molecule has 0 fully saturated rings. The zero-order chi connectivity index (χ0) is 14.5. The number of hydrogen-bond donors (Lipinski definition) is 0. The number of hydrogen-bond acceptors (Lipinski definition) is 2. The van der Waals surface area contributed by atoms with Crippen LogP contribution in [0.1, 0.15) is 32.3 Å². The number of likely N-dealkylation sites (N-methyl/N-ethyl adjacent to an activating group) is 1. The Bertz CT molecular complexity index is 489. The van der Waals surface area contributed by atoms with Gasteiger partial charge in [0.05, 0.1) is 0 Å². The van der Waals surface area contributed by atoms with Gasteiger partial charge in [-0.2, -0.15) is 0 Å². The first kappa shape index (κ1) is 15.0. The van der Waals surface area contributed by atoms with E-state index in [9.17, 15) is 4.79 Å². The van der Waals surface area contributed by atoms with E-state index in [1.807, 2.05) is 6.07 Å². The molecule has 0 N–H and O–H groups in total. The number of rotatable bonds is 5. The van der Waals surface area contributed by atoms with Gasteiger partial charge >= 0.3 is 0 Å². The standard InChI is InChI=1S/C18H25NO/c1-14-9-10-18(20)17(15(14)2)13-19(3)12-11-16-7-5-4-6-8-16/h4-8,14H,9-13H2,1-3H3. The molecule has 0 heterocycles. The molecule has 0 radical (unpaired) electrons. The van der Waals surface area contributed by atoms with Crippen LogP contribution in [0.2, 0.25) is 0 Å². The van der Waals surface area contributed by atoms with Crippen LogP contribution in [-0.4, -0.2) is 30.8 Å². The lowest BCUT2D eigenvalue weighted by Crippen LogP contribution is -2.29. The fourth-order valence-electron chi connectivity index (χ4n) is 2.76. The second-order valence-corrected chi connectivity index (χ2v) is 6.00. The lowest BCUT2D eigenvalue weighted by Gasteiger charge is -2.26. The predicted molar refractivity (Wildman–Crippen MR) is 83.7 cm³/mol. The van der Waals surface area contributed by atoms with E-state index in [0.717, 1.165) is 37.9 Å². The highest BCUT2D eigenvalue weighted by Gasteiger charge is 2.23. The monoisotopic (exact) mass is 271 g/mol. The molecule has 1 unspecified atom stereocenters. The van der Waals surface area contributed by atoms with Gasteiger partial charge in [0.1, 0.15) is 0 Å². The molecule has 0 saturated heterocycles. The van der Waals surface area contributed by atoms with Crippen molar-refractivity contribution in [2.75, 3.05) is 20.1 Å². The molecule has 2 heteroatoms. The molecule has 1 atom stereocenters. The zero-order valence-electron chi connectivity index (χ0n) is 12.9. The Hall–Kier alpha value is -1.41. The van der Waals surface area contributed by atoms with Gasteiger partial charge in [-0.1, -0.05) is 42.8 Å². The summed E-state index contributed by atoms with van der Waals surface area (Å²) >= 11 is 0. The summed E-state index contributed by atoms with van der Waals surface area (Å²) in [6, 6.07) is 10.5. The van der Waals surface area contributed by atoms with Gasteiger partial charge in [0.15, 0.2) is 5.78 Å². The Balaban J connectivity index is 1.92. The fraction of sp³-hybridized carbons (Fsp3) is 0.500. The molecule has 108 valence electrons. The van der Waals surface area contributed by atoms with E-state index in [0.29, 0.717) is 11.7 Å². The summed E-state index contributed by atoms with van der Waals surface area (Å²) in [7, 11) is 2.11. The summed E-state index contributed by atoms with van der Waals surface area (Å²) < 4.78 is 0. The normalized spacial score (nSPS) is 19.8. The largest absolute Gasteiger partial charge is 0.302 e. The van der Waals surface area contributed by atoms with Gasteiger partial charge in [-0.05, 0) is 38.3 Å². The van der Waals surface area contributed by atoms with Crippen molar-refractivity contribution in [1.29, 1.82) is 0 Å². The molecule has 1 aliphatic rings. The Morgan fingerprint density at radius 1 is 1.25 bits per heavy atom. The van der Waals surface area contributed by atoms with Crippen LogP contribution in [0.5, 0.6) is 0 Å². The fourth-order valence-corrected chi connectivity index (χ4v) is 2.76. The predicted octanol–water partition coefficient (Wildman–Crippen LogP) is 3.48. The van der Waals surface area contributed by atoms with Crippen LogP contribution >= 0.6 is 0 Å². The number of nitrogens with zero attached hydrogens (tertiary/aromatic N) is 1. The summed E-state index contributed by atoms with van der Waals surface area (Å²) in [5.74, 6) is 0.914. The van der Waals surface area contributed by atoms with E-state index in [2.05, 4.69) is 50.1 Å². The van der Waals surface area contributed by atoms with Gasteiger partial charge < -0.3 is 4.90 Å². The van der Waals surface area contributed by atoms with E-state index >= 15 is 0 Å². The van der Waals surface area contributed by atoms with Crippen molar-refractivity contribution in [3.05, 3.63) is 47.0 Å². The Kier molecular flexibility index (Phi) is 5.13. The number of carbonyl (C=O) groups excluding carboxylic acids is 1. The molecule has 0 bridgehead atoms. The Morgan fingerprint density at radius 2 is 1.95 bits per heavy atom. The molecule has 0 spiro atoms. The summed E-state index contributed by atoms with van der Waals surface area (Å²) in [6.45, 7) is 6.14. The summed E-state index contributed by atoms with van der Waals surface area (Å²) in [6.07, 6.45) is 2.77. The van der Waals surface area contributed by atoms with Crippen molar-refractivity contribution in [1.82, 2.24) is 4.90 Å². The van der Waals surface area contributed by atoms with Crippen LogP contribution in [0.4, 0.5) is 0 Å². The van der Waals surface area contributed by atoms with E-state index in [1.54, 1.807) is 0 Å². The minimum absolute atomic E-state index is 0.354. The van der Waals surface area contributed by atoms with Crippen molar-refractivity contribution in [3.8, 4) is 0 Å². The molecule has 20 heavy (non-hydrogen) atoms. The van der Waals surface area contributed by atoms with Crippen molar-refractivity contribution in [2.45, 2.75) is 33.1 Å². The highest BCUT2D eigenvalue weighted by molar-refractivity contribution is 5.97. The summed E-state index contributed by atoms with van der Waals surface area (Å²) in [5, 5.41) is 0. The number of carbonyl (C=O) groups is 1. The van der Waals surface area contributed by atoms with Crippen LogP contribution < -0.4 is 0 Å². The van der Waals surface area contributed by atoms with Crippen molar-refractivity contribution < 1.29 is 4.79 Å². The van der Waals surface area contributed by atoms with E-state index < -0.39 is 0 Å². The molecular weight excluding hydrogens is 246 g/mol. The summed E-state index contributed by atoms with van der Waals surface area (Å²) in [5.41, 5.74) is 3.71. The maximum Gasteiger partial charge on any atom is 0.160 e. The van der Waals surface area contributed by atoms with Crippen LogP contribution in [-0.2, 0) is 11.2 Å². The van der Waals surface area contributed by atoms with Gasteiger partial charge in [0.2, 0.25) is 0 Å². The molecule has 0 aliphatic heterocycles. The number of benzene rings is 1. The van der Waals surface area contributed by atoms with E-state index in [4.69, 9.17) is 0 Å². The molecule has 0 aromatic heterocycles. The van der Waals surface area contributed by atoms with Gasteiger partial charge in [0, 0.05) is 25.1 Å². The van der Waals surface area contributed by atoms with Crippen LogP contribution in [0.15, 0.2) is 41.5 Å². The highest BCUT2D eigenvalue weighted by atomic mass is 16.1. The number of allylic oxidation sites excluding steroid dienone is 1. The molecule has 2 rings (SSSR count). The lowest BCUT2D eigenvalue weighted by molar-refractivity contribution is -0.116. The SMILES string of the molecule is CC1=C(CN(C)CCc2ccccc2)C(=O)CCC1C. The third-order valence-corrected chi connectivity index (χ3v) is 4.41.